The molecule has 2 heterocycles. The molecule has 1 aliphatic carbocycles. The number of fused-ring (bicyclic) bond motifs is 2. The predicted octanol–water partition coefficient (Wildman–Crippen LogP) is 4.75. The monoisotopic (exact) mass is 441 g/mol. The van der Waals surface area contributed by atoms with E-state index >= 15 is 0 Å². The van der Waals surface area contributed by atoms with Gasteiger partial charge >= 0.3 is 5.63 Å². The summed E-state index contributed by atoms with van der Waals surface area (Å²) in [7, 11) is 0. The normalized spacial score (nSPS) is 16.3. The van der Waals surface area contributed by atoms with Crippen molar-refractivity contribution in [1.29, 1.82) is 0 Å². The Morgan fingerprint density at radius 2 is 1.82 bits per heavy atom. The number of nitrogens with zero attached hydrogens (tertiary/aromatic N) is 2. The Hall–Kier alpha value is -3.51. The summed E-state index contributed by atoms with van der Waals surface area (Å²) in [6.07, 6.45) is 3.82. The van der Waals surface area contributed by atoms with Gasteiger partial charge in [0.15, 0.2) is 0 Å². The molecule has 0 amide bonds. The van der Waals surface area contributed by atoms with Crippen molar-refractivity contribution in [2.75, 3.05) is 5.73 Å². The third-order valence-corrected chi connectivity index (χ3v) is 6.69. The summed E-state index contributed by atoms with van der Waals surface area (Å²) in [6.45, 7) is 3.92. The first kappa shape index (κ1) is 21.3. The number of hydrogen-bond acceptors (Lipinski definition) is 6. The van der Waals surface area contributed by atoms with Crippen LogP contribution in [0.1, 0.15) is 41.6 Å². The number of nitrogen functional groups attached to an aromatic ring is 1. The number of anilines is 1. The molecule has 168 valence electrons. The average molecular weight is 442 g/mol. The van der Waals surface area contributed by atoms with E-state index in [0.29, 0.717) is 16.8 Å². The van der Waals surface area contributed by atoms with Crippen molar-refractivity contribution in [3.63, 3.8) is 0 Å². The molecule has 0 bridgehead atoms. The number of aliphatic hydroxyl groups excluding tert-OH is 1. The third-order valence-electron chi connectivity index (χ3n) is 6.69. The summed E-state index contributed by atoms with van der Waals surface area (Å²) >= 11 is 0. The van der Waals surface area contributed by atoms with Gasteiger partial charge < -0.3 is 15.3 Å². The molecule has 5 rings (SSSR count). The molecule has 6 nitrogen and oxygen atoms in total. The molecule has 0 spiro atoms. The van der Waals surface area contributed by atoms with E-state index in [1.54, 1.807) is 6.07 Å². The van der Waals surface area contributed by atoms with E-state index in [-0.39, 0.29) is 11.7 Å². The van der Waals surface area contributed by atoms with Crippen LogP contribution in [0.15, 0.2) is 51.7 Å². The van der Waals surface area contributed by atoms with Crippen molar-refractivity contribution in [2.24, 2.45) is 0 Å². The number of benzene rings is 2. The minimum atomic E-state index is -0.387. The van der Waals surface area contributed by atoms with Crippen LogP contribution in [-0.4, -0.2) is 21.4 Å². The maximum Gasteiger partial charge on any atom is 0.344 e. The third kappa shape index (κ3) is 3.91. The Balaban J connectivity index is 1.65. The Kier molecular flexibility index (Phi) is 5.46. The molecule has 0 radical (unpaired) electrons. The summed E-state index contributed by atoms with van der Waals surface area (Å²) < 4.78 is 5.61. The molecule has 1 atom stereocenters. The lowest BCUT2D eigenvalue weighted by Crippen LogP contribution is -2.15. The van der Waals surface area contributed by atoms with Crippen molar-refractivity contribution in [3.05, 3.63) is 75.3 Å². The van der Waals surface area contributed by atoms with Crippen LogP contribution < -0.4 is 11.4 Å². The number of aromatic nitrogens is 2. The van der Waals surface area contributed by atoms with E-state index in [4.69, 9.17) is 10.2 Å². The number of aryl methyl sites for hydroxylation is 2. The van der Waals surface area contributed by atoms with Crippen LogP contribution in [0.4, 0.5) is 5.69 Å². The second kappa shape index (κ2) is 8.45. The highest BCUT2D eigenvalue weighted by Gasteiger charge is 2.21. The minimum absolute atomic E-state index is 0.261. The highest BCUT2D eigenvalue weighted by molar-refractivity contribution is 5.89. The summed E-state index contributed by atoms with van der Waals surface area (Å²) in [4.78, 5) is 12.9. The molecular formula is C27H27N3O3. The molecule has 1 unspecified atom stereocenters. The molecule has 1 aliphatic rings. The molecule has 2 aromatic carbocycles. The summed E-state index contributed by atoms with van der Waals surface area (Å²) in [5.41, 5.74) is 13.8. The van der Waals surface area contributed by atoms with Gasteiger partial charge in [-0.3, -0.25) is 0 Å². The SMILES string of the molecule is Cc1nnc(-c2cccc(-c3c(C)c4ccc(N)cc4oc3=O)c2)c2c1CCC(O)CCC2. The summed E-state index contributed by atoms with van der Waals surface area (Å²) in [6, 6.07) is 13.3. The number of rotatable bonds is 2. The molecular weight excluding hydrogens is 414 g/mol. The highest BCUT2D eigenvalue weighted by Crippen LogP contribution is 2.33. The van der Waals surface area contributed by atoms with Gasteiger partial charge in [-0.05, 0) is 86.4 Å². The Labute approximate surface area is 192 Å². The van der Waals surface area contributed by atoms with E-state index in [1.807, 2.05) is 50.2 Å². The molecule has 6 heteroatoms. The van der Waals surface area contributed by atoms with Crippen molar-refractivity contribution in [1.82, 2.24) is 10.2 Å². The first-order valence-electron chi connectivity index (χ1n) is 11.4. The van der Waals surface area contributed by atoms with Crippen LogP contribution in [0.2, 0.25) is 0 Å². The van der Waals surface area contributed by atoms with E-state index in [0.717, 1.165) is 65.6 Å². The summed E-state index contributed by atoms with van der Waals surface area (Å²) in [5.74, 6) is 0. The van der Waals surface area contributed by atoms with Gasteiger partial charge in [0.05, 0.1) is 23.1 Å². The number of aliphatic hydroxyl groups is 1. The first-order valence-corrected chi connectivity index (χ1v) is 11.4. The lowest BCUT2D eigenvalue weighted by atomic mass is 9.88. The highest BCUT2D eigenvalue weighted by atomic mass is 16.4. The zero-order valence-electron chi connectivity index (χ0n) is 18.9. The van der Waals surface area contributed by atoms with Gasteiger partial charge in [-0.25, -0.2) is 4.79 Å². The fraction of sp³-hybridized carbons (Fsp3) is 0.296. The molecule has 2 aromatic heterocycles. The van der Waals surface area contributed by atoms with E-state index < -0.39 is 0 Å². The maximum absolute atomic E-state index is 12.9. The number of hydrogen-bond donors (Lipinski definition) is 2. The zero-order valence-corrected chi connectivity index (χ0v) is 18.9. The quantitative estimate of drug-likeness (QED) is 0.344. The van der Waals surface area contributed by atoms with Crippen molar-refractivity contribution >= 4 is 16.7 Å². The van der Waals surface area contributed by atoms with Crippen LogP contribution >= 0.6 is 0 Å². The smallest absolute Gasteiger partial charge is 0.344 e. The first-order chi connectivity index (χ1) is 15.9. The predicted molar refractivity (Wildman–Crippen MR) is 130 cm³/mol. The topological polar surface area (TPSA) is 102 Å². The fourth-order valence-electron chi connectivity index (χ4n) is 4.94. The van der Waals surface area contributed by atoms with Gasteiger partial charge in [-0.15, -0.1) is 5.10 Å². The second-order valence-corrected chi connectivity index (χ2v) is 8.90. The van der Waals surface area contributed by atoms with E-state index in [9.17, 15) is 9.90 Å². The maximum atomic E-state index is 12.9. The molecule has 0 aliphatic heterocycles. The van der Waals surface area contributed by atoms with Gasteiger partial charge in [-0.1, -0.05) is 18.2 Å². The Morgan fingerprint density at radius 3 is 2.67 bits per heavy atom. The van der Waals surface area contributed by atoms with Crippen molar-refractivity contribution in [2.45, 2.75) is 52.1 Å². The standard InChI is InChI=1S/C27H27N3O3/c1-15-21-11-9-19(28)14-24(21)33-27(32)25(15)17-5-3-6-18(13-17)26-23-8-4-7-20(31)10-12-22(23)16(2)29-30-26/h3,5-6,9,11,13-14,20,31H,4,7-8,10,12,28H2,1-2H3. The molecule has 0 saturated heterocycles. The Morgan fingerprint density at radius 1 is 1.00 bits per heavy atom. The van der Waals surface area contributed by atoms with Gasteiger partial charge in [0.1, 0.15) is 5.58 Å². The lowest BCUT2D eigenvalue weighted by molar-refractivity contribution is 0.150. The summed E-state index contributed by atoms with van der Waals surface area (Å²) in [5, 5.41) is 20.0. The minimum Gasteiger partial charge on any atom is -0.422 e. The lowest BCUT2D eigenvalue weighted by Gasteiger charge is -2.21. The molecule has 4 aromatic rings. The van der Waals surface area contributed by atoms with Crippen LogP contribution in [0, 0.1) is 13.8 Å². The van der Waals surface area contributed by atoms with Crippen molar-refractivity contribution < 1.29 is 9.52 Å². The van der Waals surface area contributed by atoms with Crippen molar-refractivity contribution in [3.8, 4) is 22.4 Å². The molecule has 33 heavy (non-hydrogen) atoms. The van der Waals surface area contributed by atoms with Gasteiger partial charge in [0, 0.05) is 22.7 Å². The largest absolute Gasteiger partial charge is 0.422 e. The zero-order chi connectivity index (χ0) is 23.1. The Bertz CT molecular complexity index is 1420. The van der Waals surface area contributed by atoms with Crippen LogP contribution in [-0.2, 0) is 12.8 Å². The second-order valence-electron chi connectivity index (χ2n) is 8.90. The van der Waals surface area contributed by atoms with Gasteiger partial charge in [0.25, 0.3) is 0 Å². The van der Waals surface area contributed by atoms with Crippen LogP contribution in [0.5, 0.6) is 0 Å². The molecule has 0 fully saturated rings. The molecule has 0 saturated carbocycles. The average Bonchev–Trinajstić information content (AvgIpc) is 2.77. The van der Waals surface area contributed by atoms with Crippen LogP contribution in [0.3, 0.4) is 0 Å². The van der Waals surface area contributed by atoms with Crippen LogP contribution in [0.25, 0.3) is 33.4 Å². The van der Waals surface area contributed by atoms with Gasteiger partial charge in [-0.2, -0.15) is 5.10 Å². The number of nitrogens with two attached hydrogens (primary N) is 1. The molecule has 3 N–H and O–H groups in total. The van der Waals surface area contributed by atoms with Gasteiger partial charge in [0.2, 0.25) is 0 Å². The van der Waals surface area contributed by atoms with E-state index in [1.165, 1.54) is 11.1 Å². The van der Waals surface area contributed by atoms with E-state index in [2.05, 4.69) is 10.2 Å². The fourth-order valence-corrected chi connectivity index (χ4v) is 4.94.